The summed E-state index contributed by atoms with van der Waals surface area (Å²) in [4.78, 5) is 2.79. The molecule has 0 amide bonds. The van der Waals surface area contributed by atoms with Crippen molar-refractivity contribution in [2.45, 2.75) is 43.4 Å². The largest absolute Gasteiger partial charge is 0.377 e. The van der Waals surface area contributed by atoms with E-state index in [1.165, 1.54) is 17.4 Å². The van der Waals surface area contributed by atoms with Crippen LogP contribution in [-0.4, -0.2) is 42.2 Å². The lowest BCUT2D eigenvalue weighted by Gasteiger charge is -2.49. The zero-order chi connectivity index (χ0) is 16.8. The second-order valence-electron chi connectivity index (χ2n) is 6.28. The van der Waals surface area contributed by atoms with Crippen LogP contribution in [0.5, 0.6) is 0 Å². The molecule has 2 aliphatic heterocycles. The summed E-state index contributed by atoms with van der Waals surface area (Å²) >= 11 is 7.29. The van der Waals surface area contributed by atoms with E-state index in [9.17, 15) is 13.9 Å². The minimum atomic E-state index is -2.93. The second-order valence-corrected chi connectivity index (χ2v) is 7.96. The third-order valence-electron chi connectivity index (χ3n) is 4.86. The Kier molecular flexibility index (Phi) is 4.45. The Morgan fingerprint density at radius 1 is 1.65 bits per heavy atom. The minimum absolute atomic E-state index is 0.159. The van der Waals surface area contributed by atoms with Gasteiger partial charge >= 0.3 is 0 Å². The van der Waals surface area contributed by atoms with Crippen molar-refractivity contribution in [1.82, 2.24) is 4.90 Å². The molecule has 2 aliphatic rings. The van der Waals surface area contributed by atoms with Gasteiger partial charge in [0.25, 0.3) is 6.43 Å². The number of terminal acetylenes is 1. The maximum absolute atomic E-state index is 13.4. The number of thiophene rings is 1. The molecule has 0 bridgehead atoms. The summed E-state index contributed by atoms with van der Waals surface area (Å²) in [5, 5.41) is 10.4. The normalized spacial score (nSPS) is 34.6. The van der Waals surface area contributed by atoms with E-state index in [-0.39, 0.29) is 11.6 Å². The number of rotatable bonds is 2. The smallest absolute Gasteiger partial charge is 0.273 e. The van der Waals surface area contributed by atoms with Gasteiger partial charge in [0, 0.05) is 23.0 Å². The Morgan fingerprint density at radius 3 is 3.00 bits per heavy atom. The maximum atomic E-state index is 13.4. The molecule has 1 aromatic rings. The van der Waals surface area contributed by atoms with Gasteiger partial charge in [-0.3, -0.25) is 4.90 Å². The fraction of sp³-hybridized carbons (Fsp3) is 0.625. The van der Waals surface area contributed by atoms with E-state index < -0.39 is 24.2 Å². The Labute approximate surface area is 143 Å². The number of ether oxygens (including phenoxy) is 1. The highest BCUT2D eigenvalue weighted by atomic mass is 35.5. The summed E-state index contributed by atoms with van der Waals surface area (Å²) in [6, 6.07) is 1.61. The molecule has 0 unspecified atom stereocenters. The highest BCUT2D eigenvalue weighted by molar-refractivity contribution is 7.16. The molecule has 1 fully saturated rings. The van der Waals surface area contributed by atoms with Crippen molar-refractivity contribution in [2.24, 2.45) is 0 Å². The second kappa shape index (κ2) is 5.98. The molecule has 3 atom stereocenters. The highest BCUT2D eigenvalue weighted by Gasteiger charge is 2.54. The van der Waals surface area contributed by atoms with Crippen molar-refractivity contribution in [2.75, 3.05) is 19.7 Å². The molecule has 3 nitrogen and oxygen atoms in total. The summed E-state index contributed by atoms with van der Waals surface area (Å²) in [5.74, 6) is 2.64. The Morgan fingerprint density at radius 2 is 2.39 bits per heavy atom. The molecular formula is C16H18ClF2NO2S. The van der Waals surface area contributed by atoms with Gasteiger partial charge in [-0.05, 0) is 25.8 Å². The maximum Gasteiger partial charge on any atom is 0.273 e. The lowest BCUT2D eigenvalue weighted by molar-refractivity contribution is -0.209. The van der Waals surface area contributed by atoms with Crippen LogP contribution in [0, 0.1) is 12.3 Å². The Bertz CT molecular complexity index is 647. The van der Waals surface area contributed by atoms with Crippen LogP contribution in [0.1, 0.15) is 30.2 Å². The minimum Gasteiger partial charge on any atom is -0.377 e. The van der Waals surface area contributed by atoms with Gasteiger partial charge in [0.05, 0.1) is 17.5 Å². The highest BCUT2D eigenvalue weighted by Crippen LogP contribution is 2.52. The number of hydrogen-bond donors (Lipinski definition) is 1. The van der Waals surface area contributed by atoms with E-state index >= 15 is 0 Å². The summed E-state index contributed by atoms with van der Waals surface area (Å²) in [7, 11) is 0. The van der Waals surface area contributed by atoms with Crippen molar-refractivity contribution in [3.63, 3.8) is 0 Å². The molecule has 1 N–H and O–H groups in total. The molecule has 126 valence electrons. The molecule has 3 heterocycles. The van der Waals surface area contributed by atoms with E-state index in [0.29, 0.717) is 35.1 Å². The van der Waals surface area contributed by atoms with Gasteiger partial charge in [-0.1, -0.05) is 17.5 Å². The first-order valence-corrected chi connectivity index (χ1v) is 8.64. The van der Waals surface area contributed by atoms with Gasteiger partial charge in [-0.25, -0.2) is 8.78 Å². The van der Waals surface area contributed by atoms with Crippen LogP contribution < -0.4 is 0 Å². The number of aliphatic hydroxyl groups is 1. The summed E-state index contributed by atoms with van der Waals surface area (Å²) < 4.78 is 33.0. The van der Waals surface area contributed by atoms with Crippen LogP contribution >= 0.6 is 22.9 Å². The molecule has 0 saturated carbocycles. The molecule has 3 rings (SSSR count). The van der Waals surface area contributed by atoms with E-state index in [4.69, 9.17) is 22.8 Å². The number of alkyl halides is 2. The molecular weight excluding hydrogens is 344 g/mol. The number of likely N-dealkylation sites (tertiary alicyclic amines) is 1. The molecule has 0 aliphatic carbocycles. The van der Waals surface area contributed by atoms with E-state index in [0.717, 1.165) is 0 Å². The monoisotopic (exact) mass is 361 g/mol. The zero-order valence-corrected chi connectivity index (χ0v) is 14.3. The van der Waals surface area contributed by atoms with Crippen molar-refractivity contribution in [3.8, 4) is 12.3 Å². The van der Waals surface area contributed by atoms with Crippen LogP contribution in [0.4, 0.5) is 8.78 Å². The standard InChI is InChI=1S/C16H18ClF2NO2S/c1-3-5-20-6-4-15(8-10(20)2)13-11(7-12(17)23-13)16(21,9-22-15)14(18)19/h1,7,10,14,21H,4-6,8-9H2,2H3/t10-,15+,16-/m0/s1. The van der Waals surface area contributed by atoms with Crippen LogP contribution in [0.15, 0.2) is 6.07 Å². The SMILES string of the molecule is C#CCN1CC[C@]2(C[C@@H]1C)OC[C@@](O)(C(F)F)c1cc(Cl)sc12. The third-order valence-corrected chi connectivity index (χ3v) is 6.31. The molecule has 1 saturated heterocycles. The number of hydrogen-bond acceptors (Lipinski definition) is 4. The van der Waals surface area contributed by atoms with Gasteiger partial charge in [0.2, 0.25) is 0 Å². The third kappa shape index (κ3) is 2.69. The summed E-state index contributed by atoms with van der Waals surface area (Å²) in [5.41, 5.74) is -2.74. The average molecular weight is 362 g/mol. The fourth-order valence-electron chi connectivity index (χ4n) is 3.54. The first kappa shape index (κ1) is 17.1. The van der Waals surface area contributed by atoms with Crippen LogP contribution in [0.2, 0.25) is 4.34 Å². The Balaban J connectivity index is 1.98. The van der Waals surface area contributed by atoms with E-state index in [2.05, 4.69) is 10.8 Å². The Hall–Kier alpha value is -0.710. The lowest BCUT2D eigenvalue weighted by Crippen LogP contribution is -2.55. The van der Waals surface area contributed by atoms with Crippen LogP contribution in [0.3, 0.4) is 0 Å². The molecule has 1 aromatic heterocycles. The lowest BCUT2D eigenvalue weighted by atomic mass is 9.78. The molecule has 7 heteroatoms. The molecule has 0 radical (unpaired) electrons. The fourth-order valence-corrected chi connectivity index (χ4v) is 5.02. The predicted molar refractivity (Wildman–Crippen MR) is 86.0 cm³/mol. The van der Waals surface area contributed by atoms with Crippen molar-refractivity contribution < 1.29 is 18.6 Å². The number of halogens is 3. The first-order valence-electron chi connectivity index (χ1n) is 7.45. The van der Waals surface area contributed by atoms with Gasteiger partial charge < -0.3 is 9.84 Å². The number of nitrogens with zero attached hydrogens (tertiary/aromatic N) is 1. The summed E-state index contributed by atoms with van der Waals surface area (Å²) in [6.45, 7) is 2.89. The molecule has 23 heavy (non-hydrogen) atoms. The summed E-state index contributed by atoms with van der Waals surface area (Å²) in [6.07, 6.45) is 3.74. The van der Waals surface area contributed by atoms with E-state index in [1.807, 2.05) is 6.92 Å². The first-order chi connectivity index (χ1) is 10.8. The number of fused-ring (bicyclic) bond motifs is 2. The number of piperidine rings is 1. The average Bonchev–Trinajstić information content (AvgIpc) is 2.90. The van der Waals surface area contributed by atoms with Gasteiger partial charge in [-0.2, -0.15) is 0 Å². The van der Waals surface area contributed by atoms with Crippen LogP contribution in [0.25, 0.3) is 0 Å². The van der Waals surface area contributed by atoms with Crippen molar-refractivity contribution >= 4 is 22.9 Å². The van der Waals surface area contributed by atoms with Gasteiger partial charge in [0.1, 0.15) is 5.60 Å². The molecule has 0 aromatic carbocycles. The zero-order valence-electron chi connectivity index (χ0n) is 12.7. The van der Waals surface area contributed by atoms with Gasteiger partial charge in [0.15, 0.2) is 5.60 Å². The quantitative estimate of drug-likeness (QED) is 0.821. The predicted octanol–water partition coefficient (Wildman–Crippen LogP) is 3.20. The van der Waals surface area contributed by atoms with Crippen molar-refractivity contribution in [3.05, 3.63) is 20.8 Å². The van der Waals surface area contributed by atoms with Crippen molar-refractivity contribution in [1.29, 1.82) is 0 Å². The van der Waals surface area contributed by atoms with Gasteiger partial charge in [-0.15, -0.1) is 17.8 Å². The topological polar surface area (TPSA) is 32.7 Å². The molecule has 1 spiro atoms. The van der Waals surface area contributed by atoms with E-state index in [1.54, 1.807) is 0 Å². The van der Waals surface area contributed by atoms with Crippen LogP contribution in [-0.2, 0) is 15.9 Å².